The number of nitrogens with zero attached hydrogens (tertiary/aromatic N) is 1. The second kappa shape index (κ2) is 7.64. The highest BCUT2D eigenvalue weighted by atomic mass is 32.2. The van der Waals surface area contributed by atoms with Gasteiger partial charge in [0, 0.05) is 34.8 Å². The van der Waals surface area contributed by atoms with Crippen LogP contribution in [0, 0.1) is 5.92 Å². The molecule has 1 aliphatic carbocycles. The molecule has 2 fully saturated rings. The van der Waals surface area contributed by atoms with Gasteiger partial charge in [0.25, 0.3) is 5.91 Å². The summed E-state index contributed by atoms with van der Waals surface area (Å²) in [5.41, 5.74) is 1.50. The topological polar surface area (TPSA) is 61.4 Å². The Hall–Kier alpha value is -2.47. The van der Waals surface area contributed by atoms with Crippen molar-refractivity contribution in [2.75, 3.05) is 18.1 Å². The normalized spacial score (nSPS) is 23.3. The molecule has 6 heteroatoms. The number of rotatable bonds is 4. The Labute approximate surface area is 163 Å². The van der Waals surface area contributed by atoms with E-state index in [9.17, 15) is 9.59 Å². The number of benzene rings is 2. The summed E-state index contributed by atoms with van der Waals surface area (Å²) in [6.07, 6.45) is 3.81. The van der Waals surface area contributed by atoms with Gasteiger partial charge < -0.3 is 15.5 Å². The van der Waals surface area contributed by atoms with E-state index in [1.165, 1.54) is 4.90 Å². The first-order chi connectivity index (χ1) is 13.1. The lowest BCUT2D eigenvalue weighted by molar-refractivity contribution is 0.0915. The van der Waals surface area contributed by atoms with Crippen LogP contribution in [0.2, 0.25) is 0 Å². The predicted octanol–water partition coefficient (Wildman–Crippen LogP) is 3.83. The summed E-state index contributed by atoms with van der Waals surface area (Å²) in [5, 5.41) is 6.14. The third-order valence-corrected chi connectivity index (χ3v) is 6.24. The molecule has 1 heterocycles. The monoisotopic (exact) mass is 381 g/mol. The second-order valence-corrected chi connectivity index (χ2v) is 8.02. The summed E-state index contributed by atoms with van der Waals surface area (Å²) >= 11 is 1.68. The van der Waals surface area contributed by atoms with Gasteiger partial charge in [0.2, 0.25) is 0 Å². The lowest BCUT2D eigenvalue weighted by Crippen LogP contribution is -2.48. The van der Waals surface area contributed by atoms with Crippen LogP contribution in [0.15, 0.2) is 59.5 Å². The van der Waals surface area contributed by atoms with Crippen LogP contribution in [0.1, 0.15) is 23.2 Å². The van der Waals surface area contributed by atoms with Crippen LogP contribution in [0.5, 0.6) is 0 Å². The van der Waals surface area contributed by atoms with E-state index >= 15 is 0 Å². The molecule has 2 aromatic carbocycles. The standard InChI is InChI=1S/C21H23N3O2S/c1-27-18-9-7-16(8-10-18)22-21(26)24-13-15-11-17(24)12-19(15)23-20(25)14-5-3-2-4-6-14/h2-10,15,17,19H,11-13H2,1H3,(H,22,26)(H,23,25). The van der Waals surface area contributed by atoms with Gasteiger partial charge in [-0.15, -0.1) is 11.8 Å². The number of fused-ring (bicyclic) bond motifs is 2. The van der Waals surface area contributed by atoms with Crippen molar-refractivity contribution in [3.63, 3.8) is 0 Å². The molecule has 0 spiro atoms. The average molecular weight is 382 g/mol. The van der Waals surface area contributed by atoms with Gasteiger partial charge in [0.05, 0.1) is 0 Å². The summed E-state index contributed by atoms with van der Waals surface area (Å²) < 4.78 is 0. The summed E-state index contributed by atoms with van der Waals surface area (Å²) in [6.45, 7) is 0.694. The Bertz CT molecular complexity index is 825. The number of likely N-dealkylation sites (tertiary alicyclic amines) is 1. The van der Waals surface area contributed by atoms with Crippen LogP contribution in [-0.4, -0.2) is 41.7 Å². The van der Waals surface area contributed by atoms with E-state index in [0.717, 1.165) is 18.5 Å². The molecule has 140 valence electrons. The number of urea groups is 1. The van der Waals surface area contributed by atoms with Crippen molar-refractivity contribution in [3.8, 4) is 0 Å². The first-order valence-electron chi connectivity index (χ1n) is 9.21. The van der Waals surface area contributed by atoms with E-state index < -0.39 is 0 Å². The van der Waals surface area contributed by atoms with E-state index in [0.29, 0.717) is 18.0 Å². The molecular weight excluding hydrogens is 358 g/mol. The van der Waals surface area contributed by atoms with Crippen LogP contribution in [0.4, 0.5) is 10.5 Å². The highest BCUT2D eigenvalue weighted by Crippen LogP contribution is 2.38. The largest absolute Gasteiger partial charge is 0.349 e. The van der Waals surface area contributed by atoms with E-state index in [4.69, 9.17) is 0 Å². The van der Waals surface area contributed by atoms with Gasteiger partial charge >= 0.3 is 6.03 Å². The van der Waals surface area contributed by atoms with E-state index in [2.05, 4.69) is 10.6 Å². The molecule has 4 rings (SSSR count). The third-order valence-electron chi connectivity index (χ3n) is 5.50. The Morgan fingerprint density at radius 3 is 2.41 bits per heavy atom. The summed E-state index contributed by atoms with van der Waals surface area (Å²) in [4.78, 5) is 28.1. The zero-order valence-electron chi connectivity index (χ0n) is 15.2. The van der Waals surface area contributed by atoms with Crippen LogP contribution >= 0.6 is 11.8 Å². The highest BCUT2D eigenvalue weighted by molar-refractivity contribution is 7.98. The SMILES string of the molecule is CSc1ccc(NC(=O)N2CC3CC2CC3NC(=O)c2ccccc2)cc1. The number of carbonyl (C=O) groups is 2. The first-order valence-corrected chi connectivity index (χ1v) is 10.4. The molecule has 27 heavy (non-hydrogen) atoms. The Morgan fingerprint density at radius 1 is 1.04 bits per heavy atom. The Balaban J connectivity index is 1.32. The first kappa shape index (κ1) is 17.9. The maximum absolute atomic E-state index is 12.6. The molecule has 5 nitrogen and oxygen atoms in total. The van der Waals surface area contributed by atoms with Crippen molar-refractivity contribution in [1.29, 1.82) is 0 Å². The number of amides is 3. The number of hydrogen-bond acceptors (Lipinski definition) is 3. The summed E-state index contributed by atoms with van der Waals surface area (Å²) in [5.74, 6) is 0.297. The minimum absolute atomic E-state index is 0.0296. The molecule has 2 aromatic rings. The molecule has 1 saturated heterocycles. The van der Waals surface area contributed by atoms with Gasteiger partial charge in [0.1, 0.15) is 0 Å². The van der Waals surface area contributed by atoms with Crippen LogP contribution in [0.3, 0.4) is 0 Å². The maximum atomic E-state index is 12.6. The number of nitrogens with one attached hydrogen (secondary N) is 2. The molecule has 2 N–H and O–H groups in total. The number of anilines is 1. The fraction of sp³-hybridized carbons (Fsp3) is 0.333. The molecule has 2 aliphatic rings. The van der Waals surface area contributed by atoms with Crippen molar-refractivity contribution >= 4 is 29.4 Å². The number of hydrogen-bond donors (Lipinski definition) is 2. The lowest BCUT2D eigenvalue weighted by atomic mass is 10.0. The van der Waals surface area contributed by atoms with Crippen molar-refractivity contribution in [2.45, 2.75) is 29.8 Å². The molecule has 0 radical (unpaired) electrons. The van der Waals surface area contributed by atoms with Crippen molar-refractivity contribution in [2.24, 2.45) is 5.92 Å². The second-order valence-electron chi connectivity index (χ2n) is 7.14. The van der Waals surface area contributed by atoms with Crippen molar-refractivity contribution in [3.05, 3.63) is 60.2 Å². The fourth-order valence-corrected chi connectivity index (χ4v) is 4.50. The van der Waals surface area contributed by atoms with E-state index in [-0.39, 0.29) is 24.0 Å². The summed E-state index contributed by atoms with van der Waals surface area (Å²) in [7, 11) is 0. The zero-order valence-corrected chi connectivity index (χ0v) is 16.0. The summed E-state index contributed by atoms with van der Waals surface area (Å²) in [6, 6.07) is 17.5. The number of thioether (sulfide) groups is 1. The highest BCUT2D eigenvalue weighted by Gasteiger charge is 2.47. The number of carbonyl (C=O) groups excluding carboxylic acids is 2. The third kappa shape index (κ3) is 3.81. The minimum atomic E-state index is -0.0489. The van der Waals surface area contributed by atoms with Gasteiger partial charge in [-0.2, -0.15) is 0 Å². The lowest BCUT2D eigenvalue weighted by Gasteiger charge is -2.32. The van der Waals surface area contributed by atoms with E-state index in [1.807, 2.05) is 65.8 Å². The molecule has 2 bridgehead atoms. The van der Waals surface area contributed by atoms with Gasteiger partial charge in [0.15, 0.2) is 0 Å². The maximum Gasteiger partial charge on any atom is 0.322 e. The van der Waals surface area contributed by atoms with E-state index in [1.54, 1.807) is 11.8 Å². The molecule has 3 unspecified atom stereocenters. The molecular formula is C21H23N3O2S. The smallest absolute Gasteiger partial charge is 0.322 e. The number of piperidine rings is 1. The quantitative estimate of drug-likeness (QED) is 0.791. The zero-order chi connectivity index (χ0) is 18.8. The molecule has 3 amide bonds. The van der Waals surface area contributed by atoms with Gasteiger partial charge in [-0.1, -0.05) is 18.2 Å². The van der Waals surface area contributed by atoms with Gasteiger partial charge in [-0.3, -0.25) is 4.79 Å². The Morgan fingerprint density at radius 2 is 1.78 bits per heavy atom. The minimum Gasteiger partial charge on any atom is -0.349 e. The molecule has 1 aliphatic heterocycles. The molecule has 3 atom stereocenters. The molecule has 1 saturated carbocycles. The van der Waals surface area contributed by atoms with Gasteiger partial charge in [-0.05, 0) is 61.4 Å². The van der Waals surface area contributed by atoms with Crippen LogP contribution in [-0.2, 0) is 0 Å². The average Bonchev–Trinajstić information content (AvgIpc) is 3.29. The van der Waals surface area contributed by atoms with Gasteiger partial charge in [-0.25, -0.2) is 4.79 Å². The van der Waals surface area contributed by atoms with Crippen LogP contribution in [0.25, 0.3) is 0 Å². The fourth-order valence-electron chi connectivity index (χ4n) is 4.09. The Kier molecular flexibility index (Phi) is 5.07. The predicted molar refractivity (Wildman–Crippen MR) is 108 cm³/mol. The van der Waals surface area contributed by atoms with Crippen LogP contribution < -0.4 is 10.6 Å². The molecule has 0 aromatic heterocycles. The van der Waals surface area contributed by atoms with Crippen molar-refractivity contribution in [1.82, 2.24) is 10.2 Å². The van der Waals surface area contributed by atoms with Crippen molar-refractivity contribution < 1.29 is 9.59 Å².